The Labute approximate surface area is 225 Å². The number of fused-ring (bicyclic) bond motifs is 2. The summed E-state index contributed by atoms with van der Waals surface area (Å²) in [6, 6.07) is 24.6. The first-order valence-corrected chi connectivity index (χ1v) is 12.7. The van der Waals surface area contributed by atoms with Crippen LogP contribution in [0, 0.1) is 0 Å². The predicted molar refractivity (Wildman–Crippen MR) is 147 cm³/mol. The molecule has 1 aliphatic rings. The lowest BCUT2D eigenvalue weighted by atomic mass is 10.1. The van der Waals surface area contributed by atoms with Crippen molar-refractivity contribution < 1.29 is 19.4 Å². The zero-order valence-electron chi connectivity index (χ0n) is 21.1. The summed E-state index contributed by atoms with van der Waals surface area (Å²) < 4.78 is 12.8. The normalized spacial score (nSPS) is 12.0. The number of nitrogens with zero attached hydrogens (tertiary/aromatic N) is 3. The van der Waals surface area contributed by atoms with Crippen LogP contribution in [0.3, 0.4) is 0 Å². The highest BCUT2D eigenvalue weighted by molar-refractivity contribution is 5.90. The lowest BCUT2D eigenvalue weighted by Crippen LogP contribution is -2.27. The van der Waals surface area contributed by atoms with Crippen LogP contribution >= 0.6 is 0 Å². The van der Waals surface area contributed by atoms with Gasteiger partial charge in [0.05, 0.1) is 11.9 Å². The maximum Gasteiger partial charge on any atom is 0.231 e. The van der Waals surface area contributed by atoms with Gasteiger partial charge in [-0.15, -0.1) is 10.2 Å². The molecule has 196 valence electrons. The molecule has 0 unspecified atom stereocenters. The van der Waals surface area contributed by atoms with Gasteiger partial charge in [-0.1, -0.05) is 36.4 Å². The van der Waals surface area contributed by atoms with Crippen molar-refractivity contribution in [1.82, 2.24) is 20.1 Å². The van der Waals surface area contributed by atoms with Crippen LogP contribution in [-0.4, -0.2) is 39.1 Å². The van der Waals surface area contributed by atoms with E-state index in [0.29, 0.717) is 31.1 Å². The second kappa shape index (κ2) is 10.7. The fourth-order valence-electron chi connectivity index (χ4n) is 4.62. The number of rotatable bonds is 9. The van der Waals surface area contributed by atoms with E-state index in [1.807, 2.05) is 77.5 Å². The van der Waals surface area contributed by atoms with Gasteiger partial charge in [0.1, 0.15) is 11.6 Å². The third kappa shape index (κ3) is 5.47. The highest BCUT2D eigenvalue weighted by Crippen LogP contribution is 2.32. The number of ether oxygens (including phenoxy) is 2. The Bertz CT molecular complexity index is 1610. The number of amides is 1. The molecule has 2 aromatic heterocycles. The van der Waals surface area contributed by atoms with Crippen LogP contribution in [0.2, 0.25) is 0 Å². The van der Waals surface area contributed by atoms with E-state index in [2.05, 4.69) is 20.8 Å². The molecule has 0 aliphatic carbocycles. The summed E-state index contributed by atoms with van der Waals surface area (Å²) in [6.45, 7) is 1.35. The van der Waals surface area contributed by atoms with E-state index in [1.54, 1.807) is 12.1 Å². The van der Waals surface area contributed by atoms with Gasteiger partial charge in [0.2, 0.25) is 12.7 Å². The lowest BCUT2D eigenvalue weighted by Gasteiger charge is -2.08. The van der Waals surface area contributed by atoms with Crippen molar-refractivity contribution in [2.45, 2.75) is 19.4 Å². The minimum Gasteiger partial charge on any atom is -0.508 e. The van der Waals surface area contributed by atoms with E-state index in [-0.39, 0.29) is 24.9 Å². The maximum atomic E-state index is 12.7. The topological polar surface area (TPSA) is 111 Å². The molecule has 39 heavy (non-hydrogen) atoms. The summed E-state index contributed by atoms with van der Waals surface area (Å²) in [4.78, 5) is 12.7. The highest BCUT2D eigenvalue weighted by atomic mass is 16.7. The van der Waals surface area contributed by atoms with Gasteiger partial charge < -0.3 is 25.2 Å². The van der Waals surface area contributed by atoms with Crippen LogP contribution in [0.4, 0.5) is 5.82 Å². The predicted octanol–water partition coefficient (Wildman–Crippen LogP) is 4.37. The van der Waals surface area contributed by atoms with Crippen molar-refractivity contribution in [1.29, 1.82) is 0 Å². The van der Waals surface area contributed by atoms with E-state index >= 15 is 0 Å². The quantitative estimate of drug-likeness (QED) is 0.264. The molecule has 0 bridgehead atoms. The number of nitrogens with one attached hydrogen (secondary N) is 2. The van der Waals surface area contributed by atoms with Gasteiger partial charge in [0.25, 0.3) is 0 Å². The first-order chi connectivity index (χ1) is 19.1. The molecule has 1 amide bonds. The van der Waals surface area contributed by atoms with Crippen LogP contribution in [0.25, 0.3) is 16.7 Å². The summed E-state index contributed by atoms with van der Waals surface area (Å²) in [6.07, 6.45) is 2.90. The number of hydrogen-bond donors (Lipinski definition) is 3. The first kappa shape index (κ1) is 24.3. The molecule has 1 aliphatic heterocycles. The summed E-state index contributed by atoms with van der Waals surface area (Å²) in [5, 5.41) is 25.5. The Kier molecular flexibility index (Phi) is 6.69. The Morgan fingerprint density at radius 1 is 0.923 bits per heavy atom. The number of carbonyl (C=O) groups is 1. The molecule has 3 heterocycles. The molecule has 0 saturated carbocycles. The molecule has 9 nitrogen and oxygen atoms in total. The van der Waals surface area contributed by atoms with E-state index in [4.69, 9.17) is 9.47 Å². The highest BCUT2D eigenvalue weighted by Gasteiger charge is 2.15. The Morgan fingerprint density at radius 3 is 2.59 bits per heavy atom. The van der Waals surface area contributed by atoms with Crippen molar-refractivity contribution in [3.05, 3.63) is 102 Å². The minimum absolute atomic E-state index is 0.0502. The average molecular weight is 522 g/mol. The third-order valence-corrected chi connectivity index (χ3v) is 6.63. The molecule has 0 saturated heterocycles. The molecule has 6 rings (SSSR count). The molecule has 0 radical (unpaired) electrons. The van der Waals surface area contributed by atoms with Gasteiger partial charge in [-0.25, -0.2) is 0 Å². The van der Waals surface area contributed by atoms with Crippen molar-refractivity contribution in [3.8, 4) is 23.1 Å². The minimum atomic E-state index is -0.0502. The molecular formula is C30H27N5O4. The molecule has 0 fully saturated rings. The summed E-state index contributed by atoms with van der Waals surface area (Å²) in [5.74, 6) is 3.01. The van der Waals surface area contributed by atoms with Crippen molar-refractivity contribution >= 4 is 22.6 Å². The number of aromatic nitrogens is 3. The van der Waals surface area contributed by atoms with Crippen molar-refractivity contribution in [2.24, 2.45) is 0 Å². The number of carbonyl (C=O) groups excluding carboxylic acids is 1. The number of phenolic OH excluding ortho intramolecular Hbond substituents is 1. The summed E-state index contributed by atoms with van der Waals surface area (Å²) in [7, 11) is 0. The molecule has 5 aromatic rings. The van der Waals surface area contributed by atoms with E-state index in [1.165, 1.54) is 0 Å². The monoisotopic (exact) mass is 521 g/mol. The van der Waals surface area contributed by atoms with Crippen LogP contribution in [0.15, 0.2) is 85.1 Å². The Hall–Kier alpha value is -5.05. The molecular weight excluding hydrogens is 494 g/mol. The van der Waals surface area contributed by atoms with E-state index < -0.39 is 0 Å². The number of phenols is 1. The second-order valence-electron chi connectivity index (χ2n) is 9.30. The van der Waals surface area contributed by atoms with E-state index in [0.717, 1.165) is 39.1 Å². The standard InChI is InChI=1S/C30H27N5O4/c36-23-8-5-20(6-9-23)13-14-31-30(37)16-22-18-35(25-4-2-1-3-24(22)25)29-12-11-28(33-34-29)32-17-21-7-10-26-27(15-21)39-19-38-26/h1-12,15,18,36H,13-14,16-17,19H2,(H,31,37)(H,32,33). The number of benzene rings is 3. The molecule has 0 spiro atoms. The molecule has 0 atom stereocenters. The number of hydrogen-bond acceptors (Lipinski definition) is 7. The fraction of sp³-hybridized carbons (Fsp3) is 0.167. The van der Waals surface area contributed by atoms with Crippen molar-refractivity contribution in [3.63, 3.8) is 0 Å². The van der Waals surface area contributed by atoms with Crippen LogP contribution in [0.1, 0.15) is 16.7 Å². The molecule has 3 aromatic carbocycles. The lowest BCUT2D eigenvalue weighted by molar-refractivity contribution is -0.120. The zero-order chi connectivity index (χ0) is 26.6. The van der Waals surface area contributed by atoms with Gasteiger partial charge >= 0.3 is 0 Å². The Morgan fingerprint density at radius 2 is 1.74 bits per heavy atom. The van der Waals surface area contributed by atoms with Crippen LogP contribution < -0.4 is 20.1 Å². The zero-order valence-corrected chi connectivity index (χ0v) is 21.1. The van der Waals surface area contributed by atoms with E-state index in [9.17, 15) is 9.90 Å². The second-order valence-corrected chi connectivity index (χ2v) is 9.30. The number of aromatic hydroxyl groups is 1. The van der Waals surface area contributed by atoms with Gasteiger partial charge in [-0.2, -0.15) is 0 Å². The number of anilines is 1. The fourth-order valence-corrected chi connectivity index (χ4v) is 4.62. The Balaban J connectivity index is 1.11. The summed E-state index contributed by atoms with van der Waals surface area (Å²) in [5.41, 5.74) is 3.98. The summed E-state index contributed by atoms with van der Waals surface area (Å²) >= 11 is 0. The largest absolute Gasteiger partial charge is 0.508 e. The van der Waals surface area contributed by atoms with Gasteiger partial charge in [-0.05, 0) is 65.6 Å². The smallest absolute Gasteiger partial charge is 0.231 e. The average Bonchev–Trinajstić information content (AvgIpc) is 3.58. The SMILES string of the molecule is O=C(Cc1cn(-c2ccc(NCc3ccc4c(c3)OCO4)nn2)c2ccccc12)NCCc1ccc(O)cc1. The van der Waals surface area contributed by atoms with Gasteiger partial charge in [0.15, 0.2) is 17.3 Å². The molecule has 3 N–H and O–H groups in total. The van der Waals surface area contributed by atoms with Crippen LogP contribution in [0.5, 0.6) is 17.2 Å². The van der Waals surface area contributed by atoms with Crippen molar-refractivity contribution in [2.75, 3.05) is 18.7 Å². The first-order valence-electron chi connectivity index (χ1n) is 12.7. The third-order valence-electron chi connectivity index (χ3n) is 6.63. The van der Waals surface area contributed by atoms with Gasteiger partial charge in [-0.3, -0.25) is 9.36 Å². The maximum absolute atomic E-state index is 12.7. The van der Waals surface area contributed by atoms with Crippen LogP contribution in [-0.2, 0) is 24.2 Å². The number of para-hydroxylation sites is 1. The molecule has 9 heteroatoms. The van der Waals surface area contributed by atoms with Gasteiger partial charge in [0, 0.05) is 24.7 Å².